The minimum absolute atomic E-state index is 0.128. The number of benzene rings is 1. The zero-order valence-corrected chi connectivity index (χ0v) is 16.2. The van der Waals surface area contributed by atoms with E-state index in [1.165, 1.54) is 12.8 Å². The van der Waals surface area contributed by atoms with Crippen LogP contribution in [0.2, 0.25) is 0 Å². The molecule has 3 aromatic rings. The molecule has 0 aliphatic carbocycles. The predicted molar refractivity (Wildman–Crippen MR) is 112 cm³/mol. The molecule has 0 saturated carbocycles. The van der Waals surface area contributed by atoms with E-state index in [0.29, 0.717) is 24.0 Å². The number of H-pyrrole nitrogens is 2. The first-order chi connectivity index (χ1) is 13.7. The number of para-hydroxylation sites is 1. The largest absolute Gasteiger partial charge is 0.381 e. The number of carbonyl (C=O) groups excluding carboxylic acids is 1. The Morgan fingerprint density at radius 1 is 1.11 bits per heavy atom. The predicted octanol–water partition coefficient (Wildman–Crippen LogP) is 4.16. The minimum atomic E-state index is -0.269. The number of aromatic nitrogens is 3. The van der Waals surface area contributed by atoms with E-state index in [2.05, 4.69) is 32.5 Å². The lowest BCUT2D eigenvalue weighted by atomic mass is 10.1. The lowest BCUT2D eigenvalue weighted by Crippen LogP contribution is -2.18. The van der Waals surface area contributed by atoms with Crippen molar-refractivity contribution in [3.63, 3.8) is 0 Å². The van der Waals surface area contributed by atoms with E-state index < -0.39 is 0 Å². The summed E-state index contributed by atoms with van der Waals surface area (Å²) < 4.78 is 0. The summed E-state index contributed by atoms with van der Waals surface area (Å²) in [5.41, 5.74) is 1.99. The Hall–Kier alpha value is -3.09. The van der Waals surface area contributed by atoms with Gasteiger partial charge in [0.05, 0.1) is 5.39 Å². The van der Waals surface area contributed by atoms with Gasteiger partial charge in [0.15, 0.2) is 0 Å². The molecule has 0 spiro atoms. The average Bonchev–Trinajstić information content (AvgIpc) is 3.10. The van der Waals surface area contributed by atoms with Crippen LogP contribution in [-0.4, -0.2) is 20.9 Å². The second-order valence-corrected chi connectivity index (χ2v) is 6.88. The van der Waals surface area contributed by atoms with Crippen LogP contribution in [0.5, 0.6) is 0 Å². The third-order valence-corrected chi connectivity index (χ3v) is 4.65. The zero-order chi connectivity index (χ0) is 19.8. The Morgan fingerprint density at radius 3 is 2.68 bits per heavy atom. The van der Waals surface area contributed by atoms with Gasteiger partial charge in [-0.25, -0.2) is 0 Å². The number of carbonyl (C=O) groups is 1. The maximum atomic E-state index is 12.5. The van der Waals surface area contributed by atoms with Crippen LogP contribution in [-0.2, 0) is 11.3 Å². The average molecular weight is 381 g/mol. The molecule has 0 fully saturated rings. The number of hydrogen-bond donors (Lipinski definition) is 4. The second-order valence-electron chi connectivity index (χ2n) is 6.88. The molecular formula is C21H27N5O2. The molecule has 0 radical (unpaired) electrons. The van der Waals surface area contributed by atoms with Gasteiger partial charge in [-0.05, 0) is 18.6 Å². The van der Waals surface area contributed by atoms with Gasteiger partial charge in [-0.3, -0.25) is 19.9 Å². The summed E-state index contributed by atoms with van der Waals surface area (Å²) >= 11 is 0. The van der Waals surface area contributed by atoms with Crippen LogP contribution in [0.25, 0.3) is 11.0 Å². The van der Waals surface area contributed by atoms with E-state index in [9.17, 15) is 9.59 Å². The number of amides is 1. The van der Waals surface area contributed by atoms with Crippen molar-refractivity contribution in [2.75, 3.05) is 10.6 Å². The van der Waals surface area contributed by atoms with Crippen LogP contribution in [0.4, 0.5) is 11.6 Å². The summed E-state index contributed by atoms with van der Waals surface area (Å²) in [6.07, 6.45) is 7.60. The van der Waals surface area contributed by atoms with Gasteiger partial charge in [0.1, 0.15) is 5.65 Å². The highest BCUT2D eigenvalue weighted by molar-refractivity contribution is 5.90. The Bertz CT molecular complexity index is 962. The number of rotatable bonds is 10. The zero-order valence-electron chi connectivity index (χ0n) is 16.2. The van der Waals surface area contributed by atoms with Gasteiger partial charge in [-0.15, -0.1) is 0 Å². The van der Waals surface area contributed by atoms with Crippen LogP contribution in [0, 0.1) is 0 Å². The van der Waals surface area contributed by atoms with Crippen molar-refractivity contribution in [3.05, 3.63) is 52.4 Å². The van der Waals surface area contributed by atoms with Crippen LogP contribution < -0.4 is 16.2 Å². The highest BCUT2D eigenvalue weighted by Gasteiger charge is 2.12. The first-order valence-corrected chi connectivity index (χ1v) is 9.86. The first-order valence-electron chi connectivity index (χ1n) is 9.86. The molecule has 7 heteroatoms. The highest BCUT2D eigenvalue weighted by Crippen LogP contribution is 2.16. The summed E-state index contributed by atoms with van der Waals surface area (Å²) in [4.78, 5) is 34.6. The van der Waals surface area contributed by atoms with Gasteiger partial charge in [-0.2, -0.15) is 4.98 Å². The van der Waals surface area contributed by atoms with E-state index in [-0.39, 0.29) is 17.4 Å². The summed E-state index contributed by atoms with van der Waals surface area (Å²) in [6.45, 7) is 2.66. The van der Waals surface area contributed by atoms with Crippen molar-refractivity contribution in [1.82, 2.24) is 15.0 Å². The fraction of sp³-hybridized carbons (Fsp3) is 0.381. The molecule has 148 valence electrons. The number of nitrogens with one attached hydrogen (secondary N) is 4. The molecule has 7 nitrogen and oxygen atoms in total. The highest BCUT2D eigenvalue weighted by atomic mass is 16.2. The van der Waals surface area contributed by atoms with Crippen molar-refractivity contribution in [2.24, 2.45) is 0 Å². The van der Waals surface area contributed by atoms with Crippen LogP contribution in [0.3, 0.4) is 0 Å². The molecule has 1 amide bonds. The first kappa shape index (κ1) is 19.7. The lowest BCUT2D eigenvalue weighted by Gasteiger charge is -2.06. The Kier molecular flexibility index (Phi) is 6.84. The molecule has 4 N–H and O–H groups in total. The third kappa shape index (κ3) is 5.22. The quantitative estimate of drug-likeness (QED) is 0.396. The minimum Gasteiger partial charge on any atom is -0.381 e. The molecule has 28 heavy (non-hydrogen) atoms. The number of nitrogens with zero attached hydrogens (tertiary/aromatic N) is 1. The SMILES string of the molecule is CCCCCCCC(=O)Nc1nc2[nH]cc(CNc3ccccc3)c2c(=O)[nH]1. The summed E-state index contributed by atoms with van der Waals surface area (Å²) in [5, 5.41) is 6.47. The fourth-order valence-electron chi connectivity index (χ4n) is 3.14. The van der Waals surface area contributed by atoms with E-state index in [4.69, 9.17) is 0 Å². The lowest BCUT2D eigenvalue weighted by molar-refractivity contribution is -0.116. The van der Waals surface area contributed by atoms with Crippen molar-refractivity contribution in [1.29, 1.82) is 0 Å². The Labute approximate surface area is 164 Å². The van der Waals surface area contributed by atoms with Gasteiger partial charge in [-0.1, -0.05) is 50.8 Å². The van der Waals surface area contributed by atoms with Crippen LogP contribution >= 0.6 is 0 Å². The molecule has 1 aromatic carbocycles. The Morgan fingerprint density at radius 2 is 1.89 bits per heavy atom. The van der Waals surface area contributed by atoms with E-state index >= 15 is 0 Å². The maximum absolute atomic E-state index is 12.5. The van der Waals surface area contributed by atoms with Crippen molar-refractivity contribution >= 4 is 28.6 Å². The number of hydrogen-bond acceptors (Lipinski definition) is 4. The van der Waals surface area contributed by atoms with Crippen molar-refractivity contribution < 1.29 is 4.79 Å². The molecule has 0 unspecified atom stereocenters. The summed E-state index contributed by atoms with van der Waals surface area (Å²) in [6, 6.07) is 9.78. The normalized spacial score (nSPS) is 10.9. The second kappa shape index (κ2) is 9.73. The molecule has 0 aliphatic rings. The number of unbranched alkanes of at least 4 members (excludes halogenated alkanes) is 4. The Balaban J connectivity index is 1.62. The molecule has 0 bridgehead atoms. The van der Waals surface area contributed by atoms with Gasteiger partial charge < -0.3 is 10.3 Å². The van der Waals surface area contributed by atoms with E-state index in [1.54, 1.807) is 6.20 Å². The smallest absolute Gasteiger partial charge is 0.262 e. The standard InChI is InChI=1S/C21H27N5O2/c1-2-3-4-5-9-12-17(27)24-21-25-19-18(20(28)26-21)15(14-23-19)13-22-16-10-7-6-8-11-16/h6-8,10-11,14,22H,2-5,9,12-13H2,1H3,(H3,23,24,25,26,27,28). The summed E-state index contributed by atoms with van der Waals surface area (Å²) in [7, 11) is 0. The molecule has 0 saturated heterocycles. The third-order valence-electron chi connectivity index (χ3n) is 4.65. The maximum Gasteiger partial charge on any atom is 0.262 e. The van der Waals surface area contributed by atoms with Crippen molar-refractivity contribution in [3.8, 4) is 0 Å². The van der Waals surface area contributed by atoms with E-state index in [1.807, 2.05) is 30.3 Å². The molecule has 0 aliphatic heterocycles. The van der Waals surface area contributed by atoms with Gasteiger partial charge in [0.2, 0.25) is 11.9 Å². The molecule has 2 aromatic heterocycles. The fourth-order valence-corrected chi connectivity index (χ4v) is 3.14. The topological polar surface area (TPSA) is 103 Å². The molecule has 2 heterocycles. The summed E-state index contributed by atoms with van der Waals surface area (Å²) in [5.74, 6) is 0.0528. The van der Waals surface area contributed by atoms with Gasteiger partial charge in [0, 0.05) is 30.4 Å². The van der Waals surface area contributed by atoms with Crippen LogP contribution in [0.1, 0.15) is 51.0 Å². The molecule has 3 rings (SSSR count). The number of fused-ring (bicyclic) bond motifs is 1. The molecular weight excluding hydrogens is 354 g/mol. The monoisotopic (exact) mass is 381 g/mol. The number of aromatic amines is 2. The van der Waals surface area contributed by atoms with Crippen LogP contribution in [0.15, 0.2) is 41.3 Å². The van der Waals surface area contributed by atoms with Gasteiger partial charge >= 0.3 is 0 Å². The number of anilines is 2. The van der Waals surface area contributed by atoms with Crippen molar-refractivity contribution in [2.45, 2.75) is 52.0 Å². The molecule has 0 atom stereocenters. The van der Waals surface area contributed by atoms with Gasteiger partial charge in [0.25, 0.3) is 5.56 Å². The van der Waals surface area contributed by atoms with E-state index in [0.717, 1.165) is 30.5 Å².